The summed E-state index contributed by atoms with van der Waals surface area (Å²) >= 11 is 3.21. The van der Waals surface area contributed by atoms with Crippen LogP contribution >= 0.6 is 15.9 Å². The van der Waals surface area contributed by atoms with Gasteiger partial charge in [-0.25, -0.2) is 4.68 Å². The molecule has 1 heterocycles. The van der Waals surface area contributed by atoms with Crippen molar-refractivity contribution in [3.05, 3.63) is 21.0 Å². The van der Waals surface area contributed by atoms with E-state index in [9.17, 15) is 9.59 Å². The average molecular weight is 318 g/mol. The molecule has 0 aliphatic rings. The molecule has 1 aromatic heterocycles. The van der Waals surface area contributed by atoms with Gasteiger partial charge < -0.3 is 10.1 Å². The molecule has 0 bridgehead atoms. The predicted molar refractivity (Wildman–Crippen MR) is 71.6 cm³/mol. The number of methoxy groups -OCH3 is 1. The maximum atomic E-state index is 11.9. The summed E-state index contributed by atoms with van der Waals surface area (Å²) in [6.07, 6.45) is 2.44. The molecule has 0 radical (unpaired) electrons. The van der Waals surface area contributed by atoms with E-state index < -0.39 is 5.97 Å². The minimum Gasteiger partial charge on any atom is -0.468 e. The summed E-state index contributed by atoms with van der Waals surface area (Å²) in [6, 6.07) is 0.235. The van der Waals surface area contributed by atoms with Gasteiger partial charge >= 0.3 is 5.97 Å². The lowest BCUT2D eigenvalue weighted by Crippen LogP contribution is -2.29. The number of esters is 1. The van der Waals surface area contributed by atoms with Crippen molar-refractivity contribution in [3.63, 3.8) is 0 Å². The van der Waals surface area contributed by atoms with Crippen LogP contribution in [0.5, 0.6) is 0 Å². The molecular formula is C11H16BrN3O3. The van der Waals surface area contributed by atoms with Gasteiger partial charge in [0.05, 0.1) is 19.0 Å². The second kappa shape index (κ2) is 6.53. The SMILES string of the molecule is CCC(C)Nc1cnn(CC(=O)OC)c(=O)c1Br. The standard InChI is InChI=1S/C11H16BrN3O3/c1-4-7(2)14-8-5-13-15(6-9(16)18-3)11(17)10(8)12/h5,7,14H,4,6H2,1-3H3. The highest BCUT2D eigenvalue weighted by Gasteiger charge is 2.12. The summed E-state index contributed by atoms with van der Waals surface area (Å²) in [7, 11) is 1.27. The van der Waals surface area contributed by atoms with E-state index in [-0.39, 0.29) is 18.1 Å². The number of hydrogen-bond donors (Lipinski definition) is 1. The smallest absolute Gasteiger partial charge is 0.327 e. The van der Waals surface area contributed by atoms with Crippen LogP contribution in [0.2, 0.25) is 0 Å². The molecule has 0 aromatic carbocycles. The van der Waals surface area contributed by atoms with Crippen molar-refractivity contribution in [3.8, 4) is 0 Å². The first-order valence-electron chi connectivity index (χ1n) is 5.58. The van der Waals surface area contributed by atoms with E-state index in [0.717, 1.165) is 11.1 Å². The first-order valence-corrected chi connectivity index (χ1v) is 6.37. The Morgan fingerprint density at radius 2 is 2.33 bits per heavy atom. The van der Waals surface area contributed by atoms with Gasteiger partial charge in [0.15, 0.2) is 0 Å². The fourth-order valence-corrected chi connectivity index (χ4v) is 1.65. The zero-order valence-corrected chi connectivity index (χ0v) is 12.2. The monoisotopic (exact) mass is 317 g/mol. The van der Waals surface area contributed by atoms with Gasteiger partial charge in [0.2, 0.25) is 0 Å². The maximum absolute atomic E-state index is 11.9. The number of nitrogens with zero attached hydrogens (tertiary/aromatic N) is 2. The van der Waals surface area contributed by atoms with E-state index >= 15 is 0 Å². The van der Waals surface area contributed by atoms with Crippen LogP contribution in [0, 0.1) is 0 Å². The van der Waals surface area contributed by atoms with Gasteiger partial charge in [0.25, 0.3) is 5.56 Å². The van der Waals surface area contributed by atoms with E-state index in [1.807, 2.05) is 13.8 Å². The quantitative estimate of drug-likeness (QED) is 0.831. The number of aromatic nitrogens is 2. The lowest BCUT2D eigenvalue weighted by molar-refractivity contribution is -0.141. The van der Waals surface area contributed by atoms with Gasteiger partial charge in [-0.1, -0.05) is 6.92 Å². The Hall–Kier alpha value is -1.37. The molecule has 0 spiro atoms. The zero-order chi connectivity index (χ0) is 13.7. The third kappa shape index (κ3) is 3.56. The lowest BCUT2D eigenvalue weighted by atomic mass is 10.2. The van der Waals surface area contributed by atoms with Gasteiger partial charge in [-0.05, 0) is 29.3 Å². The van der Waals surface area contributed by atoms with Gasteiger partial charge in [0, 0.05) is 6.04 Å². The number of nitrogens with one attached hydrogen (secondary N) is 1. The van der Waals surface area contributed by atoms with Crippen LogP contribution in [0.15, 0.2) is 15.5 Å². The Morgan fingerprint density at radius 1 is 1.67 bits per heavy atom. The highest BCUT2D eigenvalue weighted by atomic mass is 79.9. The zero-order valence-electron chi connectivity index (χ0n) is 10.6. The molecule has 1 aromatic rings. The van der Waals surface area contributed by atoms with Crippen molar-refractivity contribution < 1.29 is 9.53 Å². The van der Waals surface area contributed by atoms with Crippen molar-refractivity contribution in [2.75, 3.05) is 12.4 Å². The summed E-state index contributed by atoms with van der Waals surface area (Å²) in [6.45, 7) is 3.85. The maximum Gasteiger partial charge on any atom is 0.327 e. The minimum absolute atomic E-state index is 0.197. The van der Waals surface area contributed by atoms with E-state index in [4.69, 9.17) is 0 Å². The van der Waals surface area contributed by atoms with E-state index in [1.165, 1.54) is 13.3 Å². The lowest BCUT2D eigenvalue weighted by Gasteiger charge is -2.14. The molecule has 1 rings (SSSR count). The molecule has 100 valence electrons. The molecule has 1 N–H and O–H groups in total. The molecule has 0 saturated heterocycles. The molecular weight excluding hydrogens is 302 g/mol. The van der Waals surface area contributed by atoms with Gasteiger partial charge in [0.1, 0.15) is 11.0 Å². The third-order valence-electron chi connectivity index (χ3n) is 2.51. The number of ether oxygens (including phenoxy) is 1. The van der Waals surface area contributed by atoms with Crippen molar-refractivity contribution in [2.24, 2.45) is 0 Å². The molecule has 0 aliphatic heterocycles. The fraction of sp³-hybridized carbons (Fsp3) is 0.545. The molecule has 0 amide bonds. The Kier molecular flexibility index (Phi) is 5.33. The molecule has 18 heavy (non-hydrogen) atoms. The summed E-state index contributed by atoms with van der Waals surface area (Å²) in [4.78, 5) is 23.0. The van der Waals surface area contributed by atoms with E-state index in [1.54, 1.807) is 0 Å². The average Bonchev–Trinajstić information content (AvgIpc) is 2.37. The number of rotatable bonds is 5. The Labute approximate surface area is 113 Å². The van der Waals surface area contributed by atoms with Crippen LogP contribution in [0.3, 0.4) is 0 Å². The van der Waals surface area contributed by atoms with Crippen LogP contribution in [0.25, 0.3) is 0 Å². The molecule has 1 atom stereocenters. The van der Waals surface area contributed by atoms with Crippen LogP contribution in [-0.4, -0.2) is 28.9 Å². The topological polar surface area (TPSA) is 73.2 Å². The number of halogens is 1. The predicted octanol–water partition coefficient (Wildman–Crippen LogP) is 1.39. The summed E-state index contributed by atoms with van der Waals surface area (Å²) < 4.78 is 5.91. The second-order valence-electron chi connectivity index (χ2n) is 3.86. The van der Waals surface area contributed by atoms with Crippen molar-refractivity contribution in [1.29, 1.82) is 0 Å². The Balaban J connectivity index is 2.98. The second-order valence-corrected chi connectivity index (χ2v) is 4.66. The van der Waals surface area contributed by atoms with Gasteiger partial charge in [-0.3, -0.25) is 9.59 Å². The largest absolute Gasteiger partial charge is 0.468 e. The molecule has 1 unspecified atom stereocenters. The molecule has 0 aliphatic carbocycles. The number of carbonyl (C=O) groups is 1. The molecule has 6 nitrogen and oxygen atoms in total. The Morgan fingerprint density at radius 3 is 2.89 bits per heavy atom. The van der Waals surface area contributed by atoms with Crippen molar-refractivity contribution in [2.45, 2.75) is 32.9 Å². The number of anilines is 1. The first-order chi connectivity index (χ1) is 8.49. The molecule has 7 heteroatoms. The van der Waals surface area contributed by atoms with Crippen LogP contribution in [0.1, 0.15) is 20.3 Å². The number of hydrogen-bond acceptors (Lipinski definition) is 5. The van der Waals surface area contributed by atoms with E-state index in [0.29, 0.717) is 10.2 Å². The first kappa shape index (κ1) is 14.7. The summed E-state index contributed by atoms with van der Waals surface area (Å²) in [5.74, 6) is -0.515. The highest BCUT2D eigenvalue weighted by Crippen LogP contribution is 2.17. The Bertz CT molecular complexity index is 487. The van der Waals surface area contributed by atoms with Crippen LogP contribution in [-0.2, 0) is 16.1 Å². The third-order valence-corrected chi connectivity index (χ3v) is 3.27. The summed E-state index contributed by atoms with van der Waals surface area (Å²) in [5.41, 5.74) is 0.254. The minimum atomic E-state index is -0.515. The number of carbonyl (C=O) groups excluding carboxylic acids is 1. The summed E-state index contributed by atoms with van der Waals surface area (Å²) in [5, 5.41) is 7.08. The van der Waals surface area contributed by atoms with Crippen molar-refractivity contribution >= 4 is 27.6 Å². The van der Waals surface area contributed by atoms with Crippen molar-refractivity contribution in [1.82, 2.24) is 9.78 Å². The normalized spacial score (nSPS) is 12.0. The van der Waals surface area contributed by atoms with Crippen LogP contribution in [0.4, 0.5) is 5.69 Å². The molecule has 0 saturated carbocycles. The fourth-order valence-electron chi connectivity index (χ4n) is 1.23. The van der Waals surface area contributed by atoms with E-state index in [2.05, 4.69) is 31.1 Å². The van der Waals surface area contributed by atoms with Gasteiger partial charge in [-0.15, -0.1) is 0 Å². The highest BCUT2D eigenvalue weighted by molar-refractivity contribution is 9.10. The van der Waals surface area contributed by atoms with Gasteiger partial charge in [-0.2, -0.15) is 5.10 Å². The van der Waals surface area contributed by atoms with Crippen LogP contribution < -0.4 is 10.9 Å². The molecule has 0 fully saturated rings.